The Morgan fingerprint density at radius 1 is 1.46 bits per heavy atom. The molecule has 24 heavy (non-hydrogen) atoms. The van der Waals surface area contributed by atoms with Gasteiger partial charge in [0, 0.05) is 25.7 Å². The molecule has 0 bridgehead atoms. The lowest BCUT2D eigenvalue weighted by atomic mass is 9.79. The van der Waals surface area contributed by atoms with Gasteiger partial charge in [-0.2, -0.15) is 0 Å². The second-order valence-electron chi connectivity index (χ2n) is 6.80. The average Bonchev–Trinajstić information content (AvgIpc) is 2.49. The fraction of sp³-hybridized carbons (Fsp3) is 0.556. The number of hydrogen-bond acceptors (Lipinski definition) is 4. The minimum Gasteiger partial charge on any atom is -0.493 e. The Morgan fingerprint density at radius 3 is 2.75 bits per heavy atom. The van der Waals surface area contributed by atoms with Crippen molar-refractivity contribution in [2.24, 2.45) is 11.1 Å². The highest BCUT2D eigenvalue weighted by atomic mass is 79.9. The predicted molar refractivity (Wildman–Crippen MR) is 105 cm³/mol. The van der Waals surface area contributed by atoms with Gasteiger partial charge in [-0.25, -0.2) is 0 Å². The maximum absolute atomic E-state index is 6.23. The fourth-order valence-electron chi connectivity index (χ4n) is 3.03. The number of nitrogens with two attached hydrogens (primary N) is 1. The second kappa shape index (κ2) is 9.09. The van der Waals surface area contributed by atoms with Crippen LogP contribution in [-0.4, -0.2) is 37.7 Å². The van der Waals surface area contributed by atoms with Crippen LogP contribution in [0.4, 0.5) is 0 Å². The van der Waals surface area contributed by atoms with E-state index in [0.29, 0.717) is 6.61 Å². The van der Waals surface area contributed by atoms with Crippen molar-refractivity contribution in [2.75, 3.05) is 26.8 Å². The minimum absolute atomic E-state index is 0. The Kier molecular flexibility index (Phi) is 8.06. The highest BCUT2D eigenvalue weighted by Gasteiger charge is 2.33. The van der Waals surface area contributed by atoms with Crippen molar-refractivity contribution in [3.63, 3.8) is 0 Å². The molecular weight excluding hydrogens is 392 g/mol. The maximum Gasteiger partial charge on any atom is 0.175 e. The molecule has 1 unspecified atom stereocenters. The summed E-state index contributed by atoms with van der Waals surface area (Å²) in [4.78, 5) is 2.45. The lowest BCUT2D eigenvalue weighted by Gasteiger charge is -2.42. The summed E-state index contributed by atoms with van der Waals surface area (Å²) in [7, 11) is 1.66. The van der Waals surface area contributed by atoms with E-state index < -0.39 is 0 Å². The Balaban J connectivity index is 0.00000288. The summed E-state index contributed by atoms with van der Waals surface area (Å²) in [6.07, 6.45) is 2.75. The Morgan fingerprint density at radius 2 is 2.17 bits per heavy atom. The molecule has 136 valence electrons. The predicted octanol–water partition coefficient (Wildman–Crippen LogP) is 4.00. The van der Waals surface area contributed by atoms with Crippen molar-refractivity contribution in [1.82, 2.24) is 4.90 Å². The Hall–Kier alpha value is -0.750. The fourth-order valence-corrected chi connectivity index (χ4v) is 3.63. The largest absolute Gasteiger partial charge is 0.493 e. The van der Waals surface area contributed by atoms with Gasteiger partial charge in [0.25, 0.3) is 0 Å². The minimum atomic E-state index is 0. The molecule has 0 aliphatic carbocycles. The Labute approximate surface area is 159 Å². The molecule has 1 saturated heterocycles. The number of methoxy groups -OCH3 is 1. The highest BCUT2D eigenvalue weighted by Crippen LogP contribution is 2.37. The van der Waals surface area contributed by atoms with Crippen LogP contribution < -0.4 is 15.2 Å². The number of halogens is 2. The van der Waals surface area contributed by atoms with Gasteiger partial charge in [-0.3, -0.25) is 4.90 Å². The third-order valence-corrected chi connectivity index (χ3v) is 5.02. The van der Waals surface area contributed by atoms with Gasteiger partial charge in [-0.15, -0.1) is 12.4 Å². The number of rotatable bonds is 6. The van der Waals surface area contributed by atoms with Gasteiger partial charge in [-0.05, 0) is 45.5 Å². The number of piperidine rings is 1. The van der Waals surface area contributed by atoms with Crippen LogP contribution in [0.15, 0.2) is 29.3 Å². The summed E-state index contributed by atoms with van der Waals surface area (Å²) in [6, 6.07) is 4.42. The van der Waals surface area contributed by atoms with E-state index in [1.54, 1.807) is 13.2 Å². The van der Waals surface area contributed by atoms with Crippen LogP contribution in [0.25, 0.3) is 0 Å². The summed E-state index contributed by atoms with van der Waals surface area (Å²) in [5.41, 5.74) is 7.57. The first-order chi connectivity index (χ1) is 10.9. The van der Waals surface area contributed by atoms with Crippen LogP contribution in [-0.2, 0) is 6.54 Å². The number of likely N-dealkylation sites (tertiary alicyclic amines) is 1. The summed E-state index contributed by atoms with van der Waals surface area (Å²) in [5.74, 6) is 1.46. The van der Waals surface area contributed by atoms with Crippen LogP contribution in [0.3, 0.4) is 0 Å². The molecule has 0 radical (unpaired) electrons. The molecule has 1 fully saturated rings. The lowest BCUT2D eigenvalue weighted by molar-refractivity contribution is 0.0898. The Bertz CT molecular complexity index is 566. The van der Waals surface area contributed by atoms with Crippen molar-refractivity contribution in [1.29, 1.82) is 0 Å². The quantitative estimate of drug-likeness (QED) is 0.708. The zero-order valence-electron chi connectivity index (χ0n) is 14.7. The molecule has 1 aromatic rings. The highest BCUT2D eigenvalue weighted by molar-refractivity contribution is 9.10. The average molecular weight is 420 g/mol. The first-order valence-corrected chi connectivity index (χ1v) is 8.74. The topological polar surface area (TPSA) is 47.7 Å². The van der Waals surface area contributed by atoms with Gasteiger partial charge >= 0.3 is 0 Å². The molecular formula is C18H28BrClN2O2. The number of nitrogens with zero attached hydrogens (tertiary/aromatic N) is 1. The van der Waals surface area contributed by atoms with Gasteiger partial charge in [0.15, 0.2) is 11.5 Å². The smallest absolute Gasteiger partial charge is 0.175 e. The summed E-state index contributed by atoms with van der Waals surface area (Å²) < 4.78 is 12.1. The van der Waals surface area contributed by atoms with E-state index in [0.717, 1.165) is 42.0 Å². The zero-order valence-corrected chi connectivity index (χ0v) is 17.1. The second-order valence-corrected chi connectivity index (χ2v) is 7.66. The summed E-state index contributed by atoms with van der Waals surface area (Å²) in [5, 5.41) is 0. The van der Waals surface area contributed by atoms with Crippen LogP contribution in [0.5, 0.6) is 11.5 Å². The van der Waals surface area contributed by atoms with Crippen LogP contribution >= 0.6 is 28.3 Å². The van der Waals surface area contributed by atoms with Crippen LogP contribution in [0.2, 0.25) is 0 Å². The van der Waals surface area contributed by atoms with Crippen LogP contribution in [0.1, 0.15) is 25.8 Å². The SMILES string of the molecule is C=CCOc1c(Br)cc(CN2CCC(N)C(C)(C)C2)cc1OC.Cl. The normalized spacial score (nSPS) is 20.1. The van der Waals surface area contributed by atoms with E-state index in [9.17, 15) is 0 Å². The van der Waals surface area contributed by atoms with E-state index in [2.05, 4.69) is 47.3 Å². The molecule has 1 aliphatic rings. The molecule has 1 aromatic carbocycles. The van der Waals surface area contributed by atoms with Crippen molar-refractivity contribution < 1.29 is 9.47 Å². The van der Waals surface area contributed by atoms with Crippen molar-refractivity contribution in [3.05, 3.63) is 34.8 Å². The van der Waals surface area contributed by atoms with E-state index in [1.807, 2.05) is 6.07 Å². The van der Waals surface area contributed by atoms with Gasteiger partial charge in [0.1, 0.15) is 6.61 Å². The number of ether oxygens (including phenoxy) is 2. The first kappa shape index (κ1) is 21.3. The first-order valence-electron chi connectivity index (χ1n) is 7.95. The van der Waals surface area contributed by atoms with Gasteiger partial charge < -0.3 is 15.2 Å². The lowest BCUT2D eigenvalue weighted by Crippen LogP contribution is -2.52. The monoisotopic (exact) mass is 418 g/mol. The van der Waals surface area contributed by atoms with E-state index in [1.165, 1.54) is 5.56 Å². The molecule has 0 saturated carbocycles. The molecule has 6 heteroatoms. The molecule has 1 heterocycles. The molecule has 0 aromatic heterocycles. The third-order valence-electron chi connectivity index (χ3n) is 4.43. The molecule has 1 aliphatic heterocycles. The zero-order chi connectivity index (χ0) is 17.0. The third kappa shape index (κ3) is 5.12. The molecule has 4 nitrogen and oxygen atoms in total. The summed E-state index contributed by atoms with van der Waals surface area (Å²) in [6.45, 7) is 11.5. The van der Waals surface area contributed by atoms with E-state index in [4.69, 9.17) is 15.2 Å². The maximum atomic E-state index is 6.23. The van der Waals surface area contributed by atoms with Crippen molar-refractivity contribution >= 4 is 28.3 Å². The molecule has 0 amide bonds. The van der Waals surface area contributed by atoms with Gasteiger partial charge in [0.2, 0.25) is 0 Å². The van der Waals surface area contributed by atoms with Crippen molar-refractivity contribution in [2.45, 2.75) is 32.9 Å². The molecule has 2 rings (SSSR count). The van der Waals surface area contributed by atoms with Gasteiger partial charge in [-0.1, -0.05) is 26.5 Å². The molecule has 1 atom stereocenters. The molecule has 2 N–H and O–H groups in total. The standard InChI is InChI=1S/C18H27BrN2O2.ClH/c1-5-8-23-17-14(19)9-13(10-15(17)22-4)11-21-7-6-16(20)18(2,3)12-21;/h5,9-10,16H,1,6-8,11-12,20H2,2-4H3;1H. The van der Waals surface area contributed by atoms with Crippen LogP contribution in [0, 0.1) is 5.41 Å². The van der Waals surface area contributed by atoms with Gasteiger partial charge in [0.05, 0.1) is 11.6 Å². The van der Waals surface area contributed by atoms with E-state index in [-0.39, 0.29) is 23.9 Å². The summed E-state index contributed by atoms with van der Waals surface area (Å²) >= 11 is 3.59. The van der Waals surface area contributed by atoms with E-state index >= 15 is 0 Å². The van der Waals surface area contributed by atoms with Crippen molar-refractivity contribution in [3.8, 4) is 11.5 Å². The molecule has 0 spiro atoms. The number of hydrogen-bond donors (Lipinski definition) is 1. The number of benzene rings is 1.